The van der Waals surface area contributed by atoms with Crippen molar-refractivity contribution in [1.82, 2.24) is 15.5 Å². The van der Waals surface area contributed by atoms with Crippen molar-refractivity contribution >= 4 is 12.4 Å². The van der Waals surface area contributed by atoms with Gasteiger partial charge in [0.2, 0.25) is 0 Å². The Hall–Kier alpha value is -0.670. The molecule has 2 rings (SSSR count). The first-order chi connectivity index (χ1) is 5.97. The molecule has 13 heavy (non-hydrogen) atoms. The molecular weight excluding hydrogens is 186 g/mol. The normalized spacial score (nSPS) is 22.0. The Balaban J connectivity index is 0.000000845. The predicted molar refractivity (Wildman–Crippen MR) is 53.9 cm³/mol. The van der Waals surface area contributed by atoms with Crippen LogP contribution in [-0.2, 0) is 0 Å². The lowest BCUT2D eigenvalue weighted by molar-refractivity contribution is 0.411. The third-order valence-corrected chi connectivity index (χ3v) is 2.32. The second-order valence-electron chi connectivity index (χ2n) is 3.18. The van der Waals surface area contributed by atoms with Gasteiger partial charge in [0, 0.05) is 12.2 Å². The number of halogens is 1. The third-order valence-electron chi connectivity index (χ3n) is 2.32. The molecule has 72 valence electrons. The van der Waals surface area contributed by atoms with E-state index >= 15 is 0 Å². The molecule has 0 saturated carbocycles. The summed E-state index contributed by atoms with van der Waals surface area (Å²) < 4.78 is 0. The Labute approximate surface area is 84.4 Å². The van der Waals surface area contributed by atoms with E-state index in [9.17, 15) is 0 Å². The summed E-state index contributed by atoms with van der Waals surface area (Å²) in [6.07, 6.45) is 7.45. The molecule has 0 aromatic carbocycles. The minimum atomic E-state index is 0. The zero-order valence-corrected chi connectivity index (χ0v) is 8.26. The lowest BCUT2D eigenvalue weighted by atomic mass is 9.99. The van der Waals surface area contributed by atoms with Gasteiger partial charge in [0.05, 0.1) is 6.20 Å². The summed E-state index contributed by atoms with van der Waals surface area (Å²) in [6.45, 7) is 1.13. The first-order valence-electron chi connectivity index (χ1n) is 4.47. The highest BCUT2D eigenvalue weighted by Crippen LogP contribution is 2.21. The highest BCUT2D eigenvalue weighted by molar-refractivity contribution is 5.85. The number of hydrogen-bond donors (Lipinski definition) is 1. The Morgan fingerprint density at radius 1 is 1.31 bits per heavy atom. The molecule has 1 N–H and O–H groups in total. The largest absolute Gasteiger partial charge is 0.310 e. The topological polar surface area (TPSA) is 37.8 Å². The molecule has 0 spiro atoms. The molecule has 1 saturated heterocycles. The lowest BCUT2D eigenvalue weighted by Gasteiger charge is -2.22. The number of nitrogens with one attached hydrogen (secondary N) is 1. The summed E-state index contributed by atoms with van der Waals surface area (Å²) in [4.78, 5) is 0. The highest BCUT2D eigenvalue weighted by atomic mass is 35.5. The Morgan fingerprint density at radius 3 is 2.85 bits per heavy atom. The molecule has 1 fully saturated rings. The molecule has 0 radical (unpaired) electrons. The van der Waals surface area contributed by atoms with Crippen molar-refractivity contribution in [2.75, 3.05) is 6.54 Å². The van der Waals surface area contributed by atoms with E-state index in [-0.39, 0.29) is 12.4 Å². The molecule has 2 heterocycles. The number of hydrogen-bond acceptors (Lipinski definition) is 3. The van der Waals surface area contributed by atoms with Crippen LogP contribution in [-0.4, -0.2) is 16.7 Å². The van der Waals surface area contributed by atoms with Crippen LogP contribution in [0.5, 0.6) is 0 Å². The minimum Gasteiger partial charge on any atom is -0.310 e. The van der Waals surface area contributed by atoms with Crippen LogP contribution < -0.4 is 5.32 Å². The molecular formula is C9H14ClN3. The van der Waals surface area contributed by atoms with E-state index in [0.717, 1.165) is 6.54 Å². The van der Waals surface area contributed by atoms with E-state index in [1.54, 1.807) is 6.20 Å². The third kappa shape index (κ3) is 2.64. The van der Waals surface area contributed by atoms with E-state index < -0.39 is 0 Å². The fraction of sp³-hybridized carbons (Fsp3) is 0.556. The fourth-order valence-corrected chi connectivity index (χ4v) is 1.64. The molecule has 1 unspecified atom stereocenters. The predicted octanol–water partition coefficient (Wildman–Crippen LogP) is 1.71. The molecule has 1 aromatic rings. The van der Waals surface area contributed by atoms with Crippen LogP contribution in [0.2, 0.25) is 0 Å². The van der Waals surface area contributed by atoms with Crippen LogP contribution in [0.3, 0.4) is 0 Å². The summed E-state index contributed by atoms with van der Waals surface area (Å²) in [5.74, 6) is 0. The van der Waals surface area contributed by atoms with E-state index in [1.807, 2.05) is 12.3 Å². The smallest absolute Gasteiger partial charge is 0.0544 e. The van der Waals surface area contributed by atoms with E-state index in [4.69, 9.17) is 0 Å². The monoisotopic (exact) mass is 199 g/mol. The molecule has 1 aliphatic rings. The summed E-state index contributed by atoms with van der Waals surface area (Å²) in [5.41, 5.74) is 1.27. The summed E-state index contributed by atoms with van der Waals surface area (Å²) in [6, 6.07) is 2.55. The number of aromatic nitrogens is 2. The SMILES string of the molecule is Cl.c1cc(C2CCCCN2)cnn1. The summed E-state index contributed by atoms with van der Waals surface area (Å²) in [5, 5.41) is 11.1. The van der Waals surface area contributed by atoms with Gasteiger partial charge in [0.1, 0.15) is 0 Å². The van der Waals surface area contributed by atoms with Gasteiger partial charge in [-0.1, -0.05) is 6.42 Å². The molecule has 3 nitrogen and oxygen atoms in total. The zero-order chi connectivity index (χ0) is 8.23. The maximum atomic E-state index is 3.87. The van der Waals surface area contributed by atoms with Crippen molar-refractivity contribution in [3.05, 3.63) is 24.0 Å². The van der Waals surface area contributed by atoms with Gasteiger partial charge in [0.15, 0.2) is 0 Å². The molecule has 0 aliphatic carbocycles. The fourth-order valence-electron chi connectivity index (χ4n) is 1.64. The van der Waals surface area contributed by atoms with Gasteiger partial charge in [0.25, 0.3) is 0 Å². The summed E-state index contributed by atoms with van der Waals surface area (Å²) >= 11 is 0. The standard InChI is InChI=1S/C9H13N3.ClH/c1-2-5-10-9(3-1)8-4-6-11-12-7-8;/h4,6-7,9-10H,1-3,5H2;1H. The Kier molecular flexibility index (Phi) is 4.12. The molecule has 1 aliphatic heterocycles. The van der Waals surface area contributed by atoms with Crippen LogP contribution in [0.15, 0.2) is 18.5 Å². The molecule has 0 amide bonds. The zero-order valence-electron chi connectivity index (χ0n) is 7.44. The molecule has 1 aromatic heterocycles. The quantitative estimate of drug-likeness (QED) is 0.749. The van der Waals surface area contributed by atoms with Gasteiger partial charge in [-0.3, -0.25) is 0 Å². The molecule has 0 bridgehead atoms. The molecule has 1 atom stereocenters. The molecule has 4 heteroatoms. The first-order valence-corrected chi connectivity index (χ1v) is 4.47. The van der Waals surface area contributed by atoms with Gasteiger partial charge < -0.3 is 5.32 Å². The van der Waals surface area contributed by atoms with Crippen molar-refractivity contribution in [3.63, 3.8) is 0 Å². The van der Waals surface area contributed by atoms with E-state index in [1.165, 1.54) is 24.8 Å². The lowest BCUT2D eigenvalue weighted by Crippen LogP contribution is -2.26. The van der Waals surface area contributed by atoms with Crippen LogP contribution in [0, 0.1) is 0 Å². The number of piperidine rings is 1. The van der Waals surface area contributed by atoms with Gasteiger partial charge in [-0.15, -0.1) is 12.4 Å². The van der Waals surface area contributed by atoms with Crippen LogP contribution >= 0.6 is 12.4 Å². The van der Waals surface area contributed by atoms with Crippen LogP contribution in [0.1, 0.15) is 30.9 Å². The van der Waals surface area contributed by atoms with E-state index in [2.05, 4.69) is 15.5 Å². The van der Waals surface area contributed by atoms with Crippen molar-refractivity contribution in [2.45, 2.75) is 25.3 Å². The minimum absolute atomic E-state index is 0. The second kappa shape index (κ2) is 5.14. The van der Waals surface area contributed by atoms with Crippen LogP contribution in [0.25, 0.3) is 0 Å². The highest BCUT2D eigenvalue weighted by Gasteiger charge is 2.13. The maximum Gasteiger partial charge on any atom is 0.0544 e. The van der Waals surface area contributed by atoms with Crippen molar-refractivity contribution in [1.29, 1.82) is 0 Å². The maximum absolute atomic E-state index is 3.87. The van der Waals surface area contributed by atoms with Crippen LogP contribution in [0.4, 0.5) is 0 Å². The average Bonchev–Trinajstić information content (AvgIpc) is 2.21. The second-order valence-corrected chi connectivity index (χ2v) is 3.18. The van der Waals surface area contributed by atoms with Gasteiger partial charge in [-0.25, -0.2) is 0 Å². The first kappa shape index (κ1) is 10.4. The van der Waals surface area contributed by atoms with Crippen molar-refractivity contribution in [2.24, 2.45) is 0 Å². The van der Waals surface area contributed by atoms with Crippen molar-refractivity contribution in [3.8, 4) is 0 Å². The van der Waals surface area contributed by atoms with Gasteiger partial charge in [-0.2, -0.15) is 10.2 Å². The van der Waals surface area contributed by atoms with Crippen molar-refractivity contribution < 1.29 is 0 Å². The number of nitrogens with zero attached hydrogens (tertiary/aromatic N) is 2. The average molecular weight is 200 g/mol. The summed E-state index contributed by atoms with van der Waals surface area (Å²) in [7, 11) is 0. The van der Waals surface area contributed by atoms with Gasteiger partial charge in [-0.05, 0) is 31.0 Å². The van der Waals surface area contributed by atoms with Gasteiger partial charge >= 0.3 is 0 Å². The van der Waals surface area contributed by atoms with E-state index in [0.29, 0.717) is 6.04 Å². The Morgan fingerprint density at radius 2 is 2.23 bits per heavy atom. The number of rotatable bonds is 1. The Bertz CT molecular complexity index is 234.